The number of para-hydroxylation sites is 1. The van der Waals surface area contributed by atoms with Gasteiger partial charge in [0.1, 0.15) is 5.82 Å². The number of anilines is 1. The lowest BCUT2D eigenvalue weighted by atomic mass is 10.2. The van der Waals surface area contributed by atoms with Crippen LogP contribution in [0, 0.1) is 5.82 Å². The number of carbonyl (C=O) groups excluding carboxylic acids is 1. The summed E-state index contributed by atoms with van der Waals surface area (Å²) in [6.45, 7) is 0. The van der Waals surface area contributed by atoms with Crippen LogP contribution in [0.2, 0.25) is 5.02 Å². The van der Waals surface area contributed by atoms with E-state index in [4.69, 9.17) is 11.6 Å². The van der Waals surface area contributed by atoms with E-state index >= 15 is 0 Å². The van der Waals surface area contributed by atoms with Gasteiger partial charge in [0.2, 0.25) is 0 Å². The van der Waals surface area contributed by atoms with Gasteiger partial charge in [0.25, 0.3) is 21.0 Å². The molecule has 0 aliphatic carbocycles. The van der Waals surface area contributed by atoms with Crippen LogP contribution in [0.15, 0.2) is 35.7 Å². The highest BCUT2D eigenvalue weighted by Gasteiger charge is 2.26. The number of hydrogen-bond donors (Lipinski definition) is 1. The number of nitrogens with zero attached hydrogens (tertiary/aromatic N) is 4. The Kier molecular flexibility index (Phi) is 4.27. The molecule has 0 radical (unpaired) electrons. The fourth-order valence-electron chi connectivity index (χ4n) is 1.94. The van der Waals surface area contributed by atoms with Gasteiger partial charge in [0, 0.05) is 0 Å². The number of hydrogen-bond acceptors (Lipinski definition) is 7. The average Bonchev–Trinajstić information content (AvgIpc) is 3.00. The summed E-state index contributed by atoms with van der Waals surface area (Å²) >= 11 is 5.75. The normalized spacial score (nSPS) is 11.5. The van der Waals surface area contributed by atoms with Gasteiger partial charge in [-0.05, 0) is 12.1 Å². The topological polar surface area (TPSA) is 116 Å². The standard InChI is InChI=1S/C13H9ClFN5O4S/c1-24-11(21)8-3-2-4-9(15)10(8)19-25(22,23)13-17-12-16-5-7(14)6-20(12)18-13/h2-6,19H,1H3. The molecule has 0 atom stereocenters. The molecule has 3 rings (SSSR count). The van der Waals surface area contributed by atoms with E-state index in [1.807, 2.05) is 4.72 Å². The molecule has 2 heterocycles. The van der Waals surface area contributed by atoms with Crippen molar-refractivity contribution >= 4 is 39.1 Å². The highest BCUT2D eigenvalue weighted by atomic mass is 35.5. The molecule has 0 fully saturated rings. The Balaban J connectivity index is 2.05. The minimum absolute atomic E-state index is 0.0218. The maximum atomic E-state index is 14.0. The Bertz CT molecular complexity index is 1090. The maximum Gasteiger partial charge on any atom is 0.340 e. The molecule has 0 aliphatic rings. The monoisotopic (exact) mass is 385 g/mol. The molecule has 9 nitrogen and oxygen atoms in total. The van der Waals surface area contributed by atoms with E-state index in [1.54, 1.807) is 0 Å². The molecule has 1 N–H and O–H groups in total. The number of fused-ring (bicyclic) bond motifs is 1. The van der Waals surface area contributed by atoms with Crippen molar-refractivity contribution < 1.29 is 22.3 Å². The van der Waals surface area contributed by atoms with Crippen LogP contribution in [-0.4, -0.2) is 41.1 Å². The highest BCUT2D eigenvalue weighted by molar-refractivity contribution is 7.92. The Labute approximate surface area is 145 Å². The van der Waals surface area contributed by atoms with Crippen molar-refractivity contribution in [2.45, 2.75) is 5.16 Å². The zero-order valence-electron chi connectivity index (χ0n) is 12.5. The molecule has 0 saturated heterocycles. The second-order valence-corrected chi connectivity index (χ2v) is 6.68. The predicted octanol–water partition coefficient (Wildman–Crippen LogP) is 1.50. The van der Waals surface area contributed by atoms with E-state index in [2.05, 4.69) is 19.8 Å². The van der Waals surface area contributed by atoms with Gasteiger partial charge in [-0.2, -0.15) is 13.4 Å². The number of nitrogens with one attached hydrogen (secondary N) is 1. The summed E-state index contributed by atoms with van der Waals surface area (Å²) in [7, 11) is -3.31. The molecule has 12 heteroatoms. The second kappa shape index (κ2) is 6.26. The van der Waals surface area contributed by atoms with Crippen LogP contribution in [0.4, 0.5) is 10.1 Å². The van der Waals surface area contributed by atoms with Crippen LogP contribution in [0.5, 0.6) is 0 Å². The minimum atomic E-state index is -4.40. The fraction of sp³-hybridized carbons (Fsp3) is 0.0769. The SMILES string of the molecule is COC(=O)c1cccc(F)c1NS(=O)(=O)c1nc2ncc(Cl)cn2n1. The number of ether oxygens (including phenoxy) is 1. The van der Waals surface area contributed by atoms with Gasteiger partial charge in [0.15, 0.2) is 0 Å². The molecule has 1 aromatic carbocycles. The number of halogens is 2. The van der Waals surface area contributed by atoms with Crippen molar-refractivity contribution in [1.29, 1.82) is 0 Å². The summed E-state index contributed by atoms with van der Waals surface area (Å²) in [5, 5.41) is 3.29. The summed E-state index contributed by atoms with van der Waals surface area (Å²) in [5.74, 6) is -1.89. The van der Waals surface area contributed by atoms with E-state index < -0.39 is 32.7 Å². The Morgan fingerprint density at radius 3 is 2.88 bits per heavy atom. The van der Waals surface area contributed by atoms with Gasteiger partial charge in [-0.25, -0.2) is 18.7 Å². The number of aromatic nitrogens is 4. The van der Waals surface area contributed by atoms with Crippen molar-refractivity contribution in [3.63, 3.8) is 0 Å². The lowest BCUT2D eigenvalue weighted by Crippen LogP contribution is -2.18. The summed E-state index contributed by atoms with van der Waals surface area (Å²) in [6.07, 6.45) is 2.57. The minimum Gasteiger partial charge on any atom is -0.465 e. The summed E-state index contributed by atoms with van der Waals surface area (Å²) < 4.78 is 46.5. The number of methoxy groups -OCH3 is 1. The number of rotatable bonds is 4. The van der Waals surface area contributed by atoms with Gasteiger partial charge in [0.05, 0.1) is 35.8 Å². The van der Waals surface area contributed by atoms with Crippen LogP contribution < -0.4 is 4.72 Å². The second-order valence-electron chi connectivity index (χ2n) is 4.67. The Morgan fingerprint density at radius 2 is 2.16 bits per heavy atom. The molecule has 25 heavy (non-hydrogen) atoms. The summed E-state index contributed by atoms with van der Waals surface area (Å²) in [4.78, 5) is 19.3. The van der Waals surface area contributed by atoms with Crippen LogP contribution >= 0.6 is 11.6 Å². The van der Waals surface area contributed by atoms with Crippen LogP contribution in [0.1, 0.15) is 10.4 Å². The van der Waals surface area contributed by atoms with Gasteiger partial charge in [-0.3, -0.25) is 4.72 Å². The van der Waals surface area contributed by atoms with Crippen molar-refractivity contribution in [2.24, 2.45) is 0 Å². The van der Waals surface area contributed by atoms with Crippen molar-refractivity contribution in [3.8, 4) is 0 Å². The maximum absolute atomic E-state index is 14.0. The molecule has 2 aromatic heterocycles. The molecule has 0 spiro atoms. The molecular weight excluding hydrogens is 377 g/mol. The van der Waals surface area contributed by atoms with Gasteiger partial charge in [-0.1, -0.05) is 17.7 Å². The molecule has 0 unspecified atom stereocenters. The highest BCUT2D eigenvalue weighted by Crippen LogP contribution is 2.23. The lowest BCUT2D eigenvalue weighted by molar-refractivity contribution is 0.0601. The predicted molar refractivity (Wildman–Crippen MR) is 84.3 cm³/mol. The molecule has 0 amide bonds. The van der Waals surface area contributed by atoms with Gasteiger partial charge < -0.3 is 4.74 Å². The molecule has 3 aromatic rings. The number of benzene rings is 1. The number of esters is 1. The summed E-state index contributed by atoms with van der Waals surface area (Å²) in [5.41, 5.74) is -0.866. The largest absolute Gasteiger partial charge is 0.465 e. The first kappa shape index (κ1) is 17.0. The Hall–Kier alpha value is -2.79. The molecular formula is C13H9ClFN5O4S. The van der Waals surface area contributed by atoms with Crippen LogP contribution in [0.25, 0.3) is 5.78 Å². The van der Waals surface area contributed by atoms with Crippen molar-refractivity contribution in [3.05, 3.63) is 47.0 Å². The van der Waals surface area contributed by atoms with Crippen LogP contribution in [0.3, 0.4) is 0 Å². The van der Waals surface area contributed by atoms with Gasteiger partial charge in [-0.15, -0.1) is 5.10 Å². The van der Waals surface area contributed by atoms with Gasteiger partial charge >= 0.3 is 5.97 Å². The number of sulfonamides is 1. The fourth-order valence-corrected chi connectivity index (χ4v) is 3.05. The average molecular weight is 386 g/mol. The van der Waals surface area contributed by atoms with E-state index in [0.29, 0.717) is 0 Å². The third kappa shape index (κ3) is 3.23. The molecule has 0 aliphatic heterocycles. The van der Waals surface area contributed by atoms with E-state index in [1.165, 1.54) is 24.5 Å². The zero-order valence-corrected chi connectivity index (χ0v) is 14.0. The Morgan fingerprint density at radius 1 is 1.40 bits per heavy atom. The smallest absolute Gasteiger partial charge is 0.340 e. The summed E-state index contributed by atoms with van der Waals surface area (Å²) in [6, 6.07) is 3.45. The molecule has 0 bridgehead atoms. The van der Waals surface area contributed by atoms with Crippen LogP contribution in [-0.2, 0) is 14.8 Å². The molecule has 0 saturated carbocycles. The third-order valence-corrected chi connectivity index (χ3v) is 4.36. The van der Waals surface area contributed by atoms with E-state index in [9.17, 15) is 17.6 Å². The third-order valence-electron chi connectivity index (χ3n) is 3.04. The first-order chi connectivity index (χ1) is 11.8. The van der Waals surface area contributed by atoms with Crippen molar-refractivity contribution in [1.82, 2.24) is 19.6 Å². The quantitative estimate of drug-likeness (QED) is 0.676. The first-order valence-electron chi connectivity index (χ1n) is 6.59. The van der Waals surface area contributed by atoms with E-state index in [0.717, 1.165) is 17.7 Å². The first-order valence-corrected chi connectivity index (χ1v) is 8.45. The molecule has 130 valence electrons. The van der Waals surface area contributed by atoms with E-state index in [-0.39, 0.29) is 16.4 Å². The lowest BCUT2D eigenvalue weighted by Gasteiger charge is -2.10. The zero-order chi connectivity index (χ0) is 18.2. The number of carbonyl (C=O) groups is 1. The van der Waals surface area contributed by atoms with Crippen molar-refractivity contribution in [2.75, 3.05) is 11.8 Å².